The Morgan fingerprint density at radius 2 is 2.25 bits per heavy atom. The van der Waals surface area contributed by atoms with Crippen LogP contribution in [0.4, 0.5) is 0 Å². The van der Waals surface area contributed by atoms with Gasteiger partial charge in [-0.15, -0.1) is 0 Å². The van der Waals surface area contributed by atoms with Crippen LogP contribution in [0.5, 0.6) is 5.75 Å². The normalized spacial score (nSPS) is 14.2. The van der Waals surface area contributed by atoms with Gasteiger partial charge in [0.05, 0.1) is 12.6 Å². The average Bonchev–Trinajstić information content (AvgIpc) is 3.31. The largest absolute Gasteiger partial charge is 0.497 e. The standard InChI is InChI=1S/C16H18N2O2/c1-20-13-4-5-15-14(10-13)11(6-8-17-15)7-9-18-16(19)12-2-3-12/h4-6,8,10,12H,2-3,7,9H2,1H3,(H,18,19). The van der Waals surface area contributed by atoms with Gasteiger partial charge in [0.15, 0.2) is 0 Å². The van der Waals surface area contributed by atoms with E-state index in [1.165, 1.54) is 5.56 Å². The second-order valence-electron chi connectivity index (χ2n) is 5.17. The molecule has 1 aliphatic rings. The first-order valence-electron chi connectivity index (χ1n) is 6.97. The summed E-state index contributed by atoms with van der Waals surface area (Å²) >= 11 is 0. The van der Waals surface area contributed by atoms with Crippen LogP contribution < -0.4 is 10.1 Å². The molecule has 0 bridgehead atoms. The molecule has 3 rings (SSSR count). The Hall–Kier alpha value is -2.10. The van der Waals surface area contributed by atoms with E-state index in [2.05, 4.69) is 10.3 Å². The van der Waals surface area contributed by atoms with Crippen LogP contribution in [-0.4, -0.2) is 24.5 Å². The van der Waals surface area contributed by atoms with Crippen LogP contribution >= 0.6 is 0 Å². The van der Waals surface area contributed by atoms with E-state index in [0.717, 1.165) is 35.9 Å². The lowest BCUT2D eigenvalue weighted by atomic mass is 10.1. The number of amides is 1. The van der Waals surface area contributed by atoms with E-state index in [1.54, 1.807) is 7.11 Å². The highest BCUT2D eigenvalue weighted by Crippen LogP contribution is 2.28. The Morgan fingerprint density at radius 3 is 3.00 bits per heavy atom. The zero-order valence-electron chi connectivity index (χ0n) is 11.6. The van der Waals surface area contributed by atoms with Crippen LogP contribution in [0, 0.1) is 5.92 Å². The number of aromatic nitrogens is 1. The Morgan fingerprint density at radius 1 is 1.40 bits per heavy atom. The average molecular weight is 270 g/mol. The van der Waals surface area contributed by atoms with E-state index in [9.17, 15) is 4.79 Å². The number of rotatable bonds is 5. The second-order valence-corrected chi connectivity index (χ2v) is 5.17. The summed E-state index contributed by atoms with van der Waals surface area (Å²) in [6, 6.07) is 7.87. The van der Waals surface area contributed by atoms with Gasteiger partial charge in [-0.2, -0.15) is 0 Å². The number of ether oxygens (including phenoxy) is 1. The van der Waals surface area contributed by atoms with Gasteiger partial charge in [0.25, 0.3) is 0 Å². The molecule has 0 aliphatic heterocycles. The lowest BCUT2D eigenvalue weighted by Crippen LogP contribution is -2.26. The van der Waals surface area contributed by atoms with Gasteiger partial charge in [0.2, 0.25) is 5.91 Å². The number of carbonyl (C=O) groups is 1. The third-order valence-corrected chi connectivity index (χ3v) is 3.68. The third-order valence-electron chi connectivity index (χ3n) is 3.68. The molecule has 0 atom stereocenters. The number of hydrogen-bond acceptors (Lipinski definition) is 3. The van der Waals surface area contributed by atoms with E-state index in [4.69, 9.17) is 4.74 Å². The van der Waals surface area contributed by atoms with Crippen molar-refractivity contribution in [3.8, 4) is 5.75 Å². The minimum absolute atomic E-state index is 0.195. The zero-order chi connectivity index (χ0) is 13.9. The smallest absolute Gasteiger partial charge is 0.223 e. The van der Waals surface area contributed by atoms with Crippen molar-refractivity contribution in [3.05, 3.63) is 36.0 Å². The van der Waals surface area contributed by atoms with Crippen molar-refractivity contribution in [3.63, 3.8) is 0 Å². The topological polar surface area (TPSA) is 51.2 Å². The fraction of sp³-hybridized carbons (Fsp3) is 0.375. The Balaban J connectivity index is 1.74. The maximum Gasteiger partial charge on any atom is 0.223 e. The summed E-state index contributed by atoms with van der Waals surface area (Å²) in [6.07, 6.45) is 4.71. The van der Waals surface area contributed by atoms with E-state index in [-0.39, 0.29) is 11.8 Å². The molecule has 20 heavy (non-hydrogen) atoms. The van der Waals surface area contributed by atoms with Crippen LogP contribution in [0.1, 0.15) is 18.4 Å². The summed E-state index contributed by atoms with van der Waals surface area (Å²) in [5.41, 5.74) is 2.14. The highest BCUT2D eigenvalue weighted by atomic mass is 16.5. The first-order valence-corrected chi connectivity index (χ1v) is 6.97. The molecule has 1 aliphatic carbocycles. The monoisotopic (exact) mass is 270 g/mol. The Kier molecular flexibility index (Phi) is 3.54. The predicted molar refractivity (Wildman–Crippen MR) is 77.7 cm³/mol. The van der Waals surface area contributed by atoms with Crippen molar-refractivity contribution < 1.29 is 9.53 Å². The first kappa shape index (κ1) is 12.9. The molecule has 1 aromatic carbocycles. The maximum absolute atomic E-state index is 11.6. The van der Waals surface area contributed by atoms with Crippen LogP contribution in [0.15, 0.2) is 30.5 Å². The molecule has 1 N–H and O–H groups in total. The third kappa shape index (κ3) is 2.74. The SMILES string of the molecule is COc1ccc2nccc(CCNC(=O)C3CC3)c2c1. The molecule has 1 amide bonds. The molecule has 2 aromatic rings. The molecular formula is C16H18N2O2. The highest BCUT2D eigenvalue weighted by molar-refractivity contribution is 5.84. The lowest BCUT2D eigenvalue weighted by molar-refractivity contribution is -0.122. The molecule has 0 spiro atoms. The van der Waals surface area contributed by atoms with Gasteiger partial charge in [0, 0.05) is 24.0 Å². The van der Waals surface area contributed by atoms with Crippen LogP contribution in [-0.2, 0) is 11.2 Å². The molecule has 4 nitrogen and oxygen atoms in total. The zero-order valence-corrected chi connectivity index (χ0v) is 11.6. The van der Waals surface area contributed by atoms with E-state index < -0.39 is 0 Å². The van der Waals surface area contributed by atoms with Crippen molar-refractivity contribution in [2.75, 3.05) is 13.7 Å². The van der Waals surface area contributed by atoms with Gasteiger partial charge in [0.1, 0.15) is 5.75 Å². The fourth-order valence-corrected chi connectivity index (χ4v) is 2.34. The summed E-state index contributed by atoms with van der Waals surface area (Å²) in [5, 5.41) is 4.09. The summed E-state index contributed by atoms with van der Waals surface area (Å²) in [7, 11) is 1.66. The number of benzene rings is 1. The number of nitrogens with one attached hydrogen (secondary N) is 1. The Labute approximate surface area is 118 Å². The van der Waals surface area contributed by atoms with E-state index in [1.807, 2.05) is 30.5 Å². The summed E-state index contributed by atoms with van der Waals surface area (Å²) in [6.45, 7) is 0.672. The molecule has 0 radical (unpaired) electrons. The molecule has 0 saturated heterocycles. The molecule has 1 heterocycles. The second kappa shape index (κ2) is 5.49. The predicted octanol–water partition coefficient (Wildman–Crippen LogP) is 2.31. The van der Waals surface area contributed by atoms with Crippen molar-refractivity contribution in [2.24, 2.45) is 5.92 Å². The number of fused-ring (bicyclic) bond motifs is 1. The number of hydrogen-bond donors (Lipinski definition) is 1. The van der Waals surface area contributed by atoms with Crippen LogP contribution in [0.25, 0.3) is 10.9 Å². The van der Waals surface area contributed by atoms with E-state index >= 15 is 0 Å². The van der Waals surface area contributed by atoms with Gasteiger partial charge >= 0.3 is 0 Å². The van der Waals surface area contributed by atoms with Crippen LogP contribution in [0.3, 0.4) is 0 Å². The maximum atomic E-state index is 11.6. The van der Waals surface area contributed by atoms with Crippen LogP contribution in [0.2, 0.25) is 0 Å². The molecular weight excluding hydrogens is 252 g/mol. The number of methoxy groups -OCH3 is 1. The van der Waals surface area contributed by atoms with Crippen molar-refractivity contribution in [1.29, 1.82) is 0 Å². The minimum Gasteiger partial charge on any atom is -0.497 e. The first-order chi connectivity index (χ1) is 9.78. The van der Waals surface area contributed by atoms with Gasteiger partial charge in [-0.25, -0.2) is 0 Å². The molecule has 104 valence electrons. The van der Waals surface area contributed by atoms with Crippen molar-refractivity contribution >= 4 is 16.8 Å². The molecule has 1 saturated carbocycles. The minimum atomic E-state index is 0.195. The number of nitrogens with zero attached hydrogens (tertiary/aromatic N) is 1. The van der Waals surface area contributed by atoms with Gasteiger partial charge in [-0.05, 0) is 49.1 Å². The van der Waals surface area contributed by atoms with Crippen molar-refractivity contribution in [1.82, 2.24) is 10.3 Å². The summed E-state index contributed by atoms with van der Waals surface area (Å²) in [5.74, 6) is 1.29. The Bertz CT molecular complexity index is 635. The van der Waals surface area contributed by atoms with Crippen molar-refractivity contribution in [2.45, 2.75) is 19.3 Å². The van der Waals surface area contributed by atoms with E-state index in [0.29, 0.717) is 6.54 Å². The molecule has 0 unspecified atom stereocenters. The van der Waals surface area contributed by atoms with Gasteiger partial charge in [-0.3, -0.25) is 9.78 Å². The van der Waals surface area contributed by atoms with Gasteiger partial charge in [-0.1, -0.05) is 0 Å². The highest BCUT2D eigenvalue weighted by Gasteiger charge is 2.28. The summed E-state index contributed by atoms with van der Waals surface area (Å²) in [4.78, 5) is 16.0. The molecule has 1 aromatic heterocycles. The molecule has 1 fully saturated rings. The molecule has 4 heteroatoms. The summed E-state index contributed by atoms with van der Waals surface area (Å²) < 4.78 is 5.26. The van der Waals surface area contributed by atoms with Gasteiger partial charge < -0.3 is 10.1 Å². The lowest BCUT2D eigenvalue weighted by Gasteiger charge is -2.08. The quantitative estimate of drug-likeness (QED) is 0.907. The number of pyridine rings is 1. The fourth-order valence-electron chi connectivity index (χ4n) is 2.34. The number of carbonyl (C=O) groups excluding carboxylic acids is 1.